The molecule has 1 saturated heterocycles. The van der Waals surface area contributed by atoms with Crippen molar-refractivity contribution < 1.29 is 9.59 Å². The average molecular weight is 329 g/mol. The van der Waals surface area contributed by atoms with Crippen LogP contribution in [0.15, 0.2) is 42.3 Å². The van der Waals surface area contributed by atoms with E-state index >= 15 is 0 Å². The van der Waals surface area contributed by atoms with Gasteiger partial charge in [-0.3, -0.25) is 14.5 Å². The van der Waals surface area contributed by atoms with E-state index < -0.39 is 0 Å². The van der Waals surface area contributed by atoms with Crippen molar-refractivity contribution in [2.24, 2.45) is 0 Å². The molecule has 0 unspecified atom stereocenters. The predicted octanol–water partition coefficient (Wildman–Crippen LogP) is 2.17. The smallest absolute Gasteiger partial charge is 0.246 e. The van der Waals surface area contributed by atoms with E-state index in [-0.39, 0.29) is 11.8 Å². The number of amides is 2. The summed E-state index contributed by atoms with van der Waals surface area (Å²) in [5, 5.41) is 6.13. The minimum Gasteiger partial charge on any atom is -0.337 e. The van der Waals surface area contributed by atoms with Gasteiger partial charge in [-0.1, -0.05) is 6.58 Å². The Morgan fingerprint density at radius 3 is 2.74 bits per heavy atom. The van der Waals surface area contributed by atoms with Gasteiger partial charge in [0.2, 0.25) is 11.8 Å². The summed E-state index contributed by atoms with van der Waals surface area (Å²) in [6.07, 6.45) is 1.34. The van der Waals surface area contributed by atoms with Crippen molar-refractivity contribution in [1.82, 2.24) is 9.80 Å². The van der Waals surface area contributed by atoms with Crippen LogP contribution in [0.2, 0.25) is 0 Å². The maximum atomic E-state index is 12.2. The fourth-order valence-electron chi connectivity index (χ4n) is 2.70. The van der Waals surface area contributed by atoms with E-state index in [0.717, 1.165) is 11.1 Å². The van der Waals surface area contributed by atoms with E-state index in [9.17, 15) is 9.59 Å². The normalized spacial score (nSPS) is 15.6. The highest BCUT2D eigenvalue weighted by molar-refractivity contribution is 7.17. The lowest BCUT2D eigenvalue weighted by Gasteiger charge is -2.33. The van der Waals surface area contributed by atoms with Gasteiger partial charge in [0, 0.05) is 36.6 Å². The van der Waals surface area contributed by atoms with Crippen molar-refractivity contribution in [2.75, 3.05) is 38.0 Å². The summed E-state index contributed by atoms with van der Waals surface area (Å²) in [6, 6.07) is 7.99. The van der Waals surface area contributed by atoms with Gasteiger partial charge in [0.15, 0.2) is 0 Å². The second kappa shape index (κ2) is 6.93. The monoisotopic (exact) mass is 329 g/mol. The van der Waals surface area contributed by atoms with Crippen LogP contribution in [-0.2, 0) is 9.59 Å². The van der Waals surface area contributed by atoms with Gasteiger partial charge in [0.05, 0.1) is 6.54 Å². The average Bonchev–Trinajstić information content (AvgIpc) is 3.02. The molecule has 0 bridgehead atoms. The van der Waals surface area contributed by atoms with Gasteiger partial charge in [-0.2, -0.15) is 0 Å². The molecule has 1 fully saturated rings. The van der Waals surface area contributed by atoms with Crippen LogP contribution in [0.1, 0.15) is 0 Å². The van der Waals surface area contributed by atoms with Crippen LogP contribution in [0.4, 0.5) is 5.69 Å². The Morgan fingerprint density at radius 2 is 2.00 bits per heavy atom. The molecular formula is C17H19N3O2S. The number of piperazine rings is 1. The second-order valence-corrected chi connectivity index (χ2v) is 6.47. The molecule has 0 saturated carbocycles. The van der Waals surface area contributed by atoms with Crippen LogP contribution in [0.3, 0.4) is 0 Å². The molecule has 0 radical (unpaired) electrons. The lowest BCUT2D eigenvalue weighted by atomic mass is 10.2. The van der Waals surface area contributed by atoms with Crippen LogP contribution in [-0.4, -0.2) is 54.3 Å². The van der Waals surface area contributed by atoms with Crippen molar-refractivity contribution in [3.05, 3.63) is 42.3 Å². The number of carbonyl (C=O) groups excluding carboxylic acids is 2. The Labute approximate surface area is 139 Å². The van der Waals surface area contributed by atoms with Crippen LogP contribution in [0, 0.1) is 0 Å². The fourth-order valence-corrected chi connectivity index (χ4v) is 3.47. The van der Waals surface area contributed by atoms with Gasteiger partial charge in [-0.15, -0.1) is 11.3 Å². The van der Waals surface area contributed by atoms with Gasteiger partial charge >= 0.3 is 0 Å². The largest absolute Gasteiger partial charge is 0.337 e. The van der Waals surface area contributed by atoms with E-state index in [0.29, 0.717) is 32.7 Å². The zero-order chi connectivity index (χ0) is 16.2. The van der Waals surface area contributed by atoms with Gasteiger partial charge < -0.3 is 10.2 Å². The predicted molar refractivity (Wildman–Crippen MR) is 93.7 cm³/mol. The molecule has 6 heteroatoms. The Bertz CT molecular complexity index is 732. The van der Waals surface area contributed by atoms with Gasteiger partial charge in [-0.25, -0.2) is 0 Å². The number of fused-ring (bicyclic) bond motifs is 1. The molecule has 1 aliphatic rings. The highest BCUT2D eigenvalue weighted by atomic mass is 32.1. The molecule has 120 valence electrons. The molecule has 2 amide bonds. The first kappa shape index (κ1) is 15.7. The molecule has 0 spiro atoms. The summed E-state index contributed by atoms with van der Waals surface area (Å²) in [4.78, 5) is 27.5. The van der Waals surface area contributed by atoms with Crippen molar-refractivity contribution in [1.29, 1.82) is 0 Å². The number of hydrogen-bond donors (Lipinski definition) is 1. The molecule has 5 nitrogen and oxygen atoms in total. The molecule has 1 N–H and O–H groups in total. The van der Waals surface area contributed by atoms with E-state index in [1.54, 1.807) is 16.2 Å². The number of anilines is 1. The highest BCUT2D eigenvalue weighted by Gasteiger charge is 2.20. The van der Waals surface area contributed by atoms with Crippen molar-refractivity contribution in [3.8, 4) is 0 Å². The Kier molecular flexibility index (Phi) is 4.73. The standard InChI is InChI=1S/C17H19N3O2S/c1-2-17(22)20-8-6-19(7-9-20)12-16(21)18-14-3-4-15-13(11-14)5-10-23-15/h2-5,10-11H,1,6-9,12H2,(H,18,21). The number of benzene rings is 1. The van der Waals surface area contributed by atoms with Gasteiger partial charge in [0.25, 0.3) is 0 Å². The minimum atomic E-state index is -0.0434. The summed E-state index contributed by atoms with van der Waals surface area (Å²) >= 11 is 1.69. The van der Waals surface area contributed by atoms with E-state index in [4.69, 9.17) is 0 Å². The zero-order valence-corrected chi connectivity index (χ0v) is 13.6. The molecule has 0 aliphatic carbocycles. The molecule has 2 aromatic rings. The van der Waals surface area contributed by atoms with Crippen molar-refractivity contribution in [2.45, 2.75) is 0 Å². The first-order valence-corrected chi connectivity index (χ1v) is 8.44. The van der Waals surface area contributed by atoms with Gasteiger partial charge in [0.1, 0.15) is 0 Å². The lowest BCUT2D eigenvalue weighted by molar-refractivity contribution is -0.128. The summed E-state index contributed by atoms with van der Waals surface area (Å²) in [5.74, 6) is -0.0683. The maximum absolute atomic E-state index is 12.2. The molecule has 23 heavy (non-hydrogen) atoms. The number of thiophene rings is 1. The number of nitrogens with zero attached hydrogens (tertiary/aromatic N) is 2. The van der Waals surface area contributed by atoms with Crippen LogP contribution in [0.5, 0.6) is 0 Å². The third-order valence-corrected chi connectivity index (χ3v) is 4.86. The zero-order valence-electron chi connectivity index (χ0n) is 12.8. The molecule has 1 aliphatic heterocycles. The first-order valence-electron chi connectivity index (χ1n) is 7.56. The first-order chi connectivity index (χ1) is 11.2. The number of carbonyl (C=O) groups is 2. The highest BCUT2D eigenvalue weighted by Crippen LogP contribution is 2.23. The molecule has 3 rings (SSSR count). The van der Waals surface area contributed by atoms with Crippen molar-refractivity contribution in [3.63, 3.8) is 0 Å². The van der Waals surface area contributed by atoms with E-state index in [2.05, 4.69) is 16.8 Å². The van der Waals surface area contributed by atoms with Crippen LogP contribution in [0.25, 0.3) is 10.1 Å². The topological polar surface area (TPSA) is 52.7 Å². The summed E-state index contributed by atoms with van der Waals surface area (Å²) in [6.45, 7) is 6.53. The summed E-state index contributed by atoms with van der Waals surface area (Å²) in [7, 11) is 0. The number of rotatable bonds is 4. The van der Waals surface area contributed by atoms with Crippen LogP contribution < -0.4 is 5.32 Å². The number of hydrogen-bond acceptors (Lipinski definition) is 4. The van der Waals surface area contributed by atoms with Gasteiger partial charge in [-0.05, 0) is 41.1 Å². The van der Waals surface area contributed by atoms with E-state index in [1.807, 2.05) is 29.6 Å². The van der Waals surface area contributed by atoms with Crippen LogP contribution >= 0.6 is 11.3 Å². The molecule has 2 heterocycles. The lowest BCUT2D eigenvalue weighted by Crippen LogP contribution is -2.50. The molecular weight excluding hydrogens is 310 g/mol. The van der Waals surface area contributed by atoms with Crippen molar-refractivity contribution >= 4 is 38.9 Å². The fraction of sp³-hybridized carbons (Fsp3) is 0.294. The molecule has 1 aromatic carbocycles. The minimum absolute atomic E-state index is 0.0249. The number of nitrogens with one attached hydrogen (secondary N) is 1. The summed E-state index contributed by atoms with van der Waals surface area (Å²) in [5.41, 5.74) is 0.821. The molecule has 1 aromatic heterocycles. The third-order valence-electron chi connectivity index (χ3n) is 3.96. The SMILES string of the molecule is C=CC(=O)N1CCN(CC(=O)Nc2ccc3sccc3c2)CC1. The summed E-state index contributed by atoms with van der Waals surface area (Å²) < 4.78 is 1.21. The molecule has 0 atom stereocenters. The Morgan fingerprint density at radius 1 is 1.22 bits per heavy atom. The Hall–Kier alpha value is -2.18. The third kappa shape index (κ3) is 3.78. The quantitative estimate of drug-likeness (QED) is 0.875. The van der Waals surface area contributed by atoms with E-state index in [1.165, 1.54) is 10.8 Å². The Balaban J connectivity index is 1.51. The maximum Gasteiger partial charge on any atom is 0.246 e. The second-order valence-electron chi connectivity index (χ2n) is 5.53.